The van der Waals surface area contributed by atoms with E-state index in [0.717, 1.165) is 16.0 Å². The molecule has 0 saturated heterocycles. The lowest BCUT2D eigenvalue weighted by molar-refractivity contribution is -0.136. The minimum atomic E-state index is -0.814. The predicted molar refractivity (Wildman–Crippen MR) is 104 cm³/mol. The van der Waals surface area contributed by atoms with Gasteiger partial charge in [0.2, 0.25) is 0 Å². The van der Waals surface area contributed by atoms with Crippen LogP contribution in [-0.2, 0) is 9.53 Å². The van der Waals surface area contributed by atoms with Crippen LogP contribution in [0.2, 0.25) is 5.02 Å². The van der Waals surface area contributed by atoms with E-state index in [4.69, 9.17) is 16.3 Å². The van der Waals surface area contributed by atoms with Crippen molar-refractivity contribution < 1.29 is 14.6 Å². The second-order valence-corrected chi connectivity index (χ2v) is 7.29. The number of aryl methyl sites for hydroxylation is 1. The molecule has 0 amide bonds. The average Bonchev–Trinajstić information content (AvgIpc) is 2.60. The van der Waals surface area contributed by atoms with E-state index in [1.807, 2.05) is 67.6 Å². The van der Waals surface area contributed by atoms with Gasteiger partial charge in [-0.05, 0) is 43.2 Å². The standard InChI is InChI=1S/C20H21ClO3S/c1-15-4-10-18(11-5-15)25-19(20(22)23)12-14-24-13-2-3-16-6-8-17(21)9-7-16/h2-11,19H,12-14H2,1H3,(H,22,23). The number of halogens is 1. The molecule has 0 fully saturated rings. The Balaban J connectivity index is 1.73. The average molecular weight is 377 g/mol. The topological polar surface area (TPSA) is 46.5 Å². The van der Waals surface area contributed by atoms with Gasteiger partial charge in [-0.3, -0.25) is 4.79 Å². The summed E-state index contributed by atoms with van der Waals surface area (Å²) < 4.78 is 5.53. The molecular weight excluding hydrogens is 356 g/mol. The van der Waals surface area contributed by atoms with Crippen molar-refractivity contribution in [3.8, 4) is 0 Å². The van der Waals surface area contributed by atoms with Crippen LogP contribution in [0.5, 0.6) is 0 Å². The van der Waals surface area contributed by atoms with E-state index in [2.05, 4.69) is 0 Å². The Hall–Kier alpha value is -1.75. The monoisotopic (exact) mass is 376 g/mol. The lowest BCUT2D eigenvalue weighted by Crippen LogP contribution is -2.18. The Morgan fingerprint density at radius 1 is 1.20 bits per heavy atom. The lowest BCUT2D eigenvalue weighted by Gasteiger charge is -2.12. The van der Waals surface area contributed by atoms with Crippen LogP contribution < -0.4 is 0 Å². The molecule has 0 aliphatic rings. The molecule has 1 N–H and O–H groups in total. The van der Waals surface area contributed by atoms with Crippen LogP contribution in [0.1, 0.15) is 17.5 Å². The van der Waals surface area contributed by atoms with E-state index in [9.17, 15) is 9.90 Å². The predicted octanol–water partition coefficient (Wildman–Crippen LogP) is 5.31. The van der Waals surface area contributed by atoms with Gasteiger partial charge in [0.05, 0.1) is 6.61 Å². The molecule has 3 nitrogen and oxygen atoms in total. The number of aliphatic carboxylic acids is 1. The van der Waals surface area contributed by atoms with E-state index >= 15 is 0 Å². The maximum atomic E-state index is 11.4. The largest absolute Gasteiger partial charge is 0.480 e. The van der Waals surface area contributed by atoms with Crippen molar-refractivity contribution in [2.75, 3.05) is 13.2 Å². The Labute approximate surface area is 157 Å². The highest BCUT2D eigenvalue weighted by Gasteiger charge is 2.18. The molecule has 0 aliphatic heterocycles. The first-order valence-electron chi connectivity index (χ1n) is 8.00. The van der Waals surface area contributed by atoms with Gasteiger partial charge in [-0.15, -0.1) is 11.8 Å². The molecule has 0 aliphatic carbocycles. The zero-order valence-electron chi connectivity index (χ0n) is 14.0. The number of hydrogen-bond donors (Lipinski definition) is 1. The Kier molecular flexibility index (Phi) is 8.06. The van der Waals surface area contributed by atoms with E-state index in [-0.39, 0.29) is 0 Å². The minimum absolute atomic E-state index is 0.404. The summed E-state index contributed by atoms with van der Waals surface area (Å²) in [6.07, 6.45) is 4.32. The van der Waals surface area contributed by atoms with Gasteiger partial charge in [0, 0.05) is 16.5 Å². The van der Waals surface area contributed by atoms with Crippen molar-refractivity contribution in [1.29, 1.82) is 0 Å². The second kappa shape index (κ2) is 10.3. The van der Waals surface area contributed by atoms with Gasteiger partial charge in [0.1, 0.15) is 5.25 Å². The fraction of sp³-hybridized carbons (Fsp3) is 0.250. The maximum absolute atomic E-state index is 11.4. The molecule has 0 saturated carbocycles. The molecule has 0 radical (unpaired) electrons. The summed E-state index contributed by atoms with van der Waals surface area (Å²) in [6.45, 7) is 2.86. The van der Waals surface area contributed by atoms with E-state index in [1.54, 1.807) is 0 Å². The Bertz CT molecular complexity index is 696. The zero-order chi connectivity index (χ0) is 18.1. The van der Waals surface area contributed by atoms with Gasteiger partial charge in [-0.1, -0.05) is 53.6 Å². The number of rotatable bonds is 9. The molecule has 0 spiro atoms. The van der Waals surface area contributed by atoms with Crippen LogP contribution >= 0.6 is 23.4 Å². The third-order valence-electron chi connectivity index (χ3n) is 3.49. The van der Waals surface area contributed by atoms with Crippen LogP contribution in [0.25, 0.3) is 6.08 Å². The zero-order valence-corrected chi connectivity index (χ0v) is 15.6. The number of thioether (sulfide) groups is 1. The number of hydrogen-bond acceptors (Lipinski definition) is 3. The van der Waals surface area contributed by atoms with Gasteiger partial charge < -0.3 is 9.84 Å². The van der Waals surface area contributed by atoms with E-state index in [0.29, 0.717) is 24.7 Å². The van der Waals surface area contributed by atoms with Gasteiger partial charge in [-0.25, -0.2) is 0 Å². The van der Waals surface area contributed by atoms with Crippen molar-refractivity contribution in [1.82, 2.24) is 0 Å². The third kappa shape index (κ3) is 7.34. The highest BCUT2D eigenvalue weighted by molar-refractivity contribution is 8.00. The van der Waals surface area contributed by atoms with Gasteiger partial charge in [-0.2, -0.15) is 0 Å². The normalized spacial score (nSPS) is 12.4. The summed E-state index contributed by atoms with van der Waals surface area (Å²) in [7, 11) is 0. The number of carboxylic acid groups (broad SMARTS) is 1. The summed E-state index contributed by atoms with van der Waals surface area (Å²) >= 11 is 7.19. The van der Waals surface area contributed by atoms with Gasteiger partial charge in [0.15, 0.2) is 0 Å². The summed E-state index contributed by atoms with van der Waals surface area (Å²) in [5.41, 5.74) is 2.21. The molecule has 2 aromatic rings. The molecule has 1 unspecified atom stereocenters. The van der Waals surface area contributed by atoms with Gasteiger partial charge >= 0.3 is 5.97 Å². The van der Waals surface area contributed by atoms with Crippen molar-refractivity contribution in [3.05, 3.63) is 70.8 Å². The molecule has 5 heteroatoms. The van der Waals surface area contributed by atoms with Crippen LogP contribution in [0.4, 0.5) is 0 Å². The fourth-order valence-electron chi connectivity index (χ4n) is 2.11. The first kappa shape index (κ1) is 19.6. The molecule has 25 heavy (non-hydrogen) atoms. The Morgan fingerprint density at radius 2 is 1.88 bits per heavy atom. The molecule has 2 rings (SSSR count). The summed E-state index contributed by atoms with van der Waals surface area (Å²) in [6, 6.07) is 15.4. The van der Waals surface area contributed by atoms with Crippen LogP contribution in [0.15, 0.2) is 59.5 Å². The van der Waals surface area contributed by atoms with E-state index in [1.165, 1.54) is 11.8 Å². The molecule has 132 valence electrons. The highest BCUT2D eigenvalue weighted by Crippen LogP contribution is 2.26. The molecule has 1 atom stereocenters. The Morgan fingerprint density at radius 3 is 2.52 bits per heavy atom. The first-order chi connectivity index (χ1) is 12.0. The lowest BCUT2D eigenvalue weighted by atomic mass is 10.2. The van der Waals surface area contributed by atoms with Crippen molar-refractivity contribution in [2.45, 2.75) is 23.5 Å². The number of ether oxygens (including phenoxy) is 1. The van der Waals surface area contributed by atoms with Crippen molar-refractivity contribution >= 4 is 35.4 Å². The molecule has 0 aromatic heterocycles. The van der Waals surface area contributed by atoms with Gasteiger partial charge in [0.25, 0.3) is 0 Å². The van der Waals surface area contributed by atoms with Crippen molar-refractivity contribution in [2.24, 2.45) is 0 Å². The number of benzene rings is 2. The molecule has 2 aromatic carbocycles. The van der Waals surface area contributed by atoms with Crippen LogP contribution in [0.3, 0.4) is 0 Å². The quantitative estimate of drug-likeness (QED) is 0.475. The fourth-order valence-corrected chi connectivity index (χ4v) is 3.18. The smallest absolute Gasteiger partial charge is 0.317 e. The number of carbonyl (C=O) groups is 1. The van der Waals surface area contributed by atoms with Crippen LogP contribution in [0, 0.1) is 6.92 Å². The molecule has 0 bridgehead atoms. The summed E-state index contributed by atoms with van der Waals surface area (Å²) in [5, 5.41) is 9.56. The summed E-state index contributed by atoms with van der Waals surface area (Å²) in [4.78, 5) is 12.4. The maximum Gasteiger partial charge on any atom is 0.317 e. The second-order valence-electron chi connectivity index (χ2n) is 5.58. The third-order valence-corrected chi connectivity index (χ3v) is 5.01. The van der Waals surface area contributed by atoms with Crippen molar-refractivity contribution in [3.63, 3.8) is 0 Å². The molecule has 0 heterocycles. The first-order valence-corrected chi connectivity index (χ1v) is 9.26. The minimum Gasteiger partial charge on any atom is -0.480 e. The van der Waals surface area contributed by atoms with E-state index < -0.39 is 11.2 Å². The number of carboxylic acids is 1. The molecular formula is C20H21ClO3S. The van der Waals surface area contributed by atoms with Crippen LogP contribution in [-0.4, -0.2) is 29.5 Å². The SMILES string of the molecule is Cc1ccc(SC(CCOCC=Cc2ccc(Cl)cc2)C(=O)O)cc1. The highest BCUT2D eigenvalue weighted by atomic mass is 35.5. The summed E-state index contributed by atoms with van der Waals surface area (Å²) in [5.74, 6) is -0.814.